The lowest BCUT2D eigenvalue weighted by molar-refractivity contribution is -0.122. The summed E-state index contributed by atoms with van der Waals surface area (Å²) >= 11 is 0. The van der Waals surface area contributed by atoms with E-state index < -0.39 is 15.7 Å². The van der Waals surface area contributed by atoms with E-state index in [1.807, 2.05) is 0 Å². The van der Waals surface area contributed by atoms with Crippen LogP contribution in [0.25, 0.3) is 0 Å². The molecule has 0 aliphatic carbocycles. The first-order valence-corrected chi connectivity index (χ1v) is 10.7. The van der Waals surface area contributed by atoms with Crippen molar-refractivity contribution >= 4 is 28.2 Å². The standard InChI is InChI=1S/C18H25FN2O3S.ClH/c1-11(13-3-6-17(16(19)10-13)25(2,23)24)20-18(22)9-12-7-14-4-5-15(8-12)21-14;/h3,6,10-12,14-15,21H,4-5,7-9H2,1-2H3,(H,20,22);1H. The molecular weight excluding hydrogens is 379 g/mol. The summed E-state index contributed by atoms with van der Waals surface area (Å²) in [7, 11) is -3.59. The minimum absolute atomic E-state index is 0. The van der Waals surface area contributed by atoms with E-state index in [0.29, 0.717) is 30.0 Å². The Bertz CT molecular complexity index is 760. The number of fused-ring (bicyclic) bond motifs is 2. The van der Waals surface area contributed by atoms with Crippen molar-refractivity contribution in [3.63, 3.8) is 0 Å². The van der Waals surface area contributed by atoms with Gasteiger partial charge in [-0.2, -0.15) is 0 Å². The molecule has 2 saturated heterocycles. The summed E-state index contributed by atoms with van der Waals surface area (Å²) in [6.07, 6.45) is 5.94. The molecule has 3 unspecified atom stereocenters. The third-order valence-electron chi connectivity index (χ3n) is 5.28. The van der Waals surface area contributed by atoms with Gasteiger partial charge in [0.1, 0.15) is 10.7 Å². The van der Waals surface area contributed by atoms with Crippen molar-refractivity contribution in [1.29, 1.82) is 0 Å². The van der Waals surface area contributed by atoms with Gasteiger partial charge in [0.25, 0.3) is 0 Å². The topological polar surface area (TPSA) is 75.3 Å². The summed E-state index contributed by atoms with van der Waals surface area (Å²) in [4.78, 5) is 12.0. The summed E-state index contributed by atoms with van der Waals surface area (Å²) in [5.41, 5.74) is 0.559. The van der Waals surface area contributed by atoms with Crippen LogP contribution in [-0.4, -0.2) is 32.7 Å². The monoisotopic (exact) mass is 404 g/mol. The van der Waals surface area contributed by atoms with Gasteiger partial charge >= 0.3 is 0 Å². The zero-order valence-corrected chi connectivity index (χ0v) is 16.6. The molecule has 8 heteroatoms. The highest BCUT2D eigenvalue weighted by molar-refractivity contribution is 7.90. The smallest absolute Gasteiger partial charge is 0.220 e. The van der Waals surface area contributed by atoms with Gasteiger partial charge in [0, 0.05) is 24.8 Å². The van der Waals surface area contributed by atoms with Gasteiger partial charge in [-0.3, -0.25) is 4.79 Å². The number of hydrogen-bond acceptors (Lipinski definition) is 4. The molecule has 26 heavy (non-hydrogen) atoms. The Kier molecular flexibility index (Phi) is 6.69. The van der Waals surface area contributed by atoms with Gasteiger partial charge in [0.2, 0.25) is 5.91 Å². The van der Waals surface area contributed by atoms with Crippen molar-refractivity contribution < 1.29 is 17.6 Å². The number of carbonyl (C=O) groups is 1. The fourth-order valence-electron chi connectivity index (χ4n) is 4.07. The second kappa shape index (κ2) is 8.23. The molecule has 0 aromatic heterocycles. The van der Waals surface area contributed by atoms with Gasteiger partial charge in [0.05, 0.1) is 6.04 Å². The second-order valence-electron chi connectivity index (χ2n) is 7.43. The fourth-order valence-corrected chi connectivity index (χ4v) is 4.80. The van der Waals surface area contributed by atoms with E-state index in [4.69, 9.17) is 0 Å². The quantitative estimate of drug-likeness (QED) is 0.791. The molecule has 5 nitrogen and oxygen atoms in total. The Hall–Kier alpha value is -1.18. The number of rotatable bonds is 5. The highest BCUT2D eigenvalue weighted by atomic mass is 35.5. The molecule has 3 rings (SSSR count). The van der Waals surface area contributed by atoms with Crippen molar-refractivity contribution in [2.24, 2.45) is 5.92 Å². The highest BCUT2D eigenvalue weighted by Crippen LogP contribution is 2.32. The number of hydrogen-bond donors (Lipinski definition) is 2. The van der Waals surface area contributed by atoms with E-state index in [0.717, 1.165) is 19.1 Å². The number of piperidine rings is 1. The molecule has 0 spiro atoms. The maximum absolute atomic E-state index is 14.0. The summed E-state index contributed by atoms with van der Waals surface area (Å²) in [6, 6.07) is 4.72. The molecule has 3 atom stereocenters. The number of sulfone groups is 1. The molecule has 1 aromatic carbocycles. The largest absolute Gasteiger partial charge is 0.350 e. The Morgan fingerprint density at radius 3 is 2.46 bits per heavy atom. The first kappa shape index (κ1) is 21.1. The molecule has 0 radical (unpaired) electrons. The van der Waals surface area contributed by atoms with Gasteiger partial charge in [-0.15, -0.1) is 12.4 Å². The van der Waals surface area contributed by atoms with E-state index in [2.05, 4.69) is 10.6 Å². The molecule has 2 aliphatic rings. The van der Waals surface area contributed by atoms with Crippen molar-refractivity contribution in [3.8, 4) is 0 Å². The van der Waals surface area contributed by atoms with Crippen molar-refractivity contribution in [1.82, 2.24) is 10.6 Å². The summed E-state index contributed by atoms with van der Waals surface area (Å²) < 4.78 is 37.0. The lowest BCUT2D eigenvalue weighted by atomic mass is 9.89. The van der Waals surface area contributed by atoms with Crippen LogP contribution in [0.2, 0.25) is 0 Å². The van der Waals surface area contributed by atoms with Gasteiger partial charge in [0.15, 0.2) is 9.84 Å². The Labute approximate surface area is 160 Å². The van der Waals surface area contributed by atoms with Crippen molar-refractivity contribution in [2.45, 2.75) is 62.0 Å². The molecule has 2 heterocycles. The maximum Gasteiger partial charge on any atom is 0.220 e. The molecule has 1 amide bonds. The van der Waals surface area contributed by atoms with Crippen LogP contribution in [0.15, 0.2) is 23.1 Å². The maximum atomic E-state index is 14.0. The average molecular weight is 405 g/mol. The van der Waals surface area contributed by atoms with Gasteiger partial charge in [-0.25, -0.2) is 12.8 Å². The molecule has 2 fully saturated rings. The van der Waals surface area contributed by atoms with E-state index in [1.54, 1.807) is 13.0 Å². The second-order valence-corrected chi connectivity index (χ2v) is 9.41. The normalized spacial score (nSPS) is 26.0. The Morgan fingerprint density at radius 2 is 1.92 bits per heavy atom. The summed E-state index contributed by atoms with van der Waals surface area (Å²) in [6.45, 7) is 1.78. The lowest BCUT2D eigenvalue weighted by Gasteiger charge is -2.29. The van der Waals surface area contributed by atoms with Crippen LogP contribution in [0.4, 0.5) is 4.39 Å². The van der Waals surface area contributed by atoms with Gasteiger partial charge in [-0.05, 0) is 56.2 Å². The van der Waals surface area contributed by atoms with Crippen molar-refractivity contribution in [3.05, 3.63) is 29.6 Å². The average Bonchev–Trinajstić information content (AvgIpc) is 2.84. The van der Waals surface area contributed by atoms with E-state index in [-0.39, 0.29) is 29.3 Å². The number of nitrogens with one attached hydrogen (secondary N) is 2. The van der Waals surface area contributed by atoms with Gasteiger partial charge < -0.3 is 10.6 Å². The minimum Gasteiger partial charge on any atom is -0.350 e. The summed E-state index contributed by atoms with van der Waals surface area (Å²) in [5.74, 6) is -0.419. The number of amides is 1. The van der Waals surface area contributed by atoms with Crippen LogP contribution in [-0.2, 0) is 14.6 Å². The molecule has 146 valence electrons. The van der Waals surface area contributed by atoms with Crippen molar-refractivity contribution in [2.75, 3.05) is 6.26 Å². The predicted molar refractivity (Wildman–Crippen MR) is 101 cm³/mol. The predicted octanol–water partition coefficient (Wildman–Crippen LogP) is 2.75. The number of carbonyl (C=O) groups excluding carboxylic acids is 1. The summed E-state index contributed by atoms with van der Waals surface area (Å²) in [5, 5.41) is 6.46. The van der Waals surface area contributed by atoms with Crippen LogP contribution in [0, 0.1) is 11.7 Å². The third kappa shape index (κ3) is 4.96. The molecular formula is C18H26ClFN2O3S. The van der Waals surface area contributed by atoms with E-state index in [1.165, 1.54) is 25.0 Å². The molecule has 0 saturated carbocycles. The zero-order chi connectivity index (χ0) is 18.2. The molecule has 2 N–H and O–H groups in total. The van der Waals surface area contributed by atoms with Crippen LogP contribution < -0.4 is 10.6 Å². The zero-order valence-electron chi connectivity index (χ0n) is 15.0. The number of halogens is 2. The molecule has 1 aromatic rings. The SMILES string of the molecule is CC(NC(=O)CC1CC2CCC(C1)N2)c1ccc(S(C)(=O)=O)c(F)c1.Cl. The van der Waals surface area contributed by atoms with Gasteiger partial charge in [-0.1, -0.05) is 6.07 Å². The van der Waals surface area contributed by atoms with E-state index in [9.17, 15) is 17.6 Å². The fraction of sp³-hybridized carbons (Fsp3) is 0.611. The van der Waals surface area contributed by atoms with Crippen LogP contribution >= 0.6 is 12.4 Å². The van der Waals surface area contributed by atoms with Crippen LogP contribution in [0.3, 0.4) is 0 Å². The highest BCUT2D eigenvalue weighted by Gasteiger charge is 2.34. The Morgan fingerprint density at radius 1 is 1.31 bits per heavy atom. The van der Waals surface area contributed by atoms with E-state index >= 15 is 0 Å². The van der Waals surface area contributed by atoms with Crippen LogP contribution in [0.1, 0.15) is 50.6 Å². The molecule has 2 aliphatic heterocycles. The third-order valence-corrected chi connectivity index (χ3v) is 6.41. The lowest BCUT2D eigenvalue weighted by Crippen LogP contribution is -2.40. The van der Waals surface area contributed by atoms with Crippen LogP contribution in [0.5, 0.6) is 0 Å². The Balaban J connectivity index is 0.00000243. The molecule has 2 bridgehead atoms. The minimum atomic E-state index is -3.59. The number of benzene rings is 1. The first-order valence-electron chi connectivity index (χ1n) is 8.77. The first-order chi connectivity index (χ1) is 11.7.